The number of hydrogen-bond donors (Lipinski definition) is 1. The lowest BCUT2D eigenvalue weighted by Gasteiger charge is -2.26. The maximum Gasteiger partial charge on any atom is 0.252 e. The zero-order valence-corrected chi connectivity index (χ0v) is 13.6. The molecule has 21 heavy (non-hydrogen) atoms. The molecule has 1 heterocycles. The summed E-state index contributed by atoms with van der Waals surface area (Å²) >= 11 is 3.56. The van der Waals surface area contributed by atoms with Gasteiger partial charge in [-0.15, -0.1) is 0 Å². The fourth-order valence-corrected chi connectivity index (χ4v) is 3.24. The Kier molecular flexibility index (Phi) is 4.62. The van der Waals surface area contributed by atoms with Crippen molar-refractivity contribution in [3.8, 4) is 0 Å². The van der Waals surface area contributed by atoms with Crippen LogP contribution >= 0.6 is 15.9 Å². The van der Waals surface area contributed by atoms with Gasteiger partial charge in [0.25, 0.3) is 5.91 Å². The molecule has 1 aliphatic carbocycles. The second kappa shape index (κ2) is 6.46. The van der Waals surface area contributed by atoms with E-state index in [1.165, 1.54) is 0 Å². The number of carbonyl (C=O) groups is 1. The van der Waals surface area contributed by atoms with Crippen LogP contribution in [0.3, 0.4) is 0 Å². The Balaban J connectivity index is 1.70. The molecule has 114 valence electrons. The lowest BCUT2D eigenvalue weighted by atomic mass is 10.1. The van der Waals surface area contributed by atoms with Crippen LogP contribution in [0.2, 0.25) is 0 Å². The summed E-state index contributed by atoms with van der Waals surface area (Å²) in [5.41, 5.74) is 6.78. The van der Waals surface area contributed by atoms with Crippen LogP contribution in [-0.2, 0) is 16.1 Å². The number of ether oxygens (including phenoxy) is 1. The summed E-state index contributed by atoms with van der Waals surface area (Å²) in [5, 5.41) is 0. The zero-order valence-electron chi connectivity index (χ0n) is 12.0. The molecule has 1 aromatic carbocycles. The van der Waals surface area contributed by atoms with Gasteiger partial charge in [0, 0.05) is 23.6 Å². The lowest BCUT2D eigenvalue weighted by molar-refractivity contribution is -0.144. The van der Waals surface area contributed by atoms with Crippen molar-refractivity contribution < 1.29 is 9.53 Å². The smallest absolute Gasteiger partial charge is 0.252 e. The van der Waals surface area contributed by atoms with Crippen LogP contribution in [0.25, 0.3) is 0 Å². The van der Waals surface area contributed by atoms with Gasteiger partial charge in [0.2, 0.25) is 0 Å². The quantitative estimate of drug-likeness (QED) is 0.885. The third-order valence-corrected chi connectivity index (χ3v) is 4.99. The first-order chi connectivity index (χ1) is 10.2. The van der Waals surface area contributed by atoms with Gasteiger partial charge in [-0.1, -0.05) is 34.1 Å². The average Bonchev–Trinajstić information content (AvgIpc) is 3.22. The van der Waals surface area contributed by atoms with Crippen molar-refractivity contribution >= 4 is 21.8 Å². The fourth-order valence-electron chi connectivity index (χ4n) is 2.83. The average molecular weight is 353 g/mol. The SMILES string of the molecule is NCC1CCC(C(=O)N(Cc2ccccc2Br)C2CC2)O1. The van der Waals surface area contributed by atoms with E-state index in [1.807, 2.05) is 23.1 Å². The molecule has 1 aliphatic heterocycles. The molecule has 2 atom stereocenters. The van der Waals surface area contributed by atoms with Crippen molar-refractivity contribution in [3.63, 3.8) is 0 Å². The topological polar surface area (TPSA) is 55.6 Å². The second-order valence-electron chi connectivity index (χ2n) is 5.85. The minimum absolute atomic E-state index is 0.0449. The first-order valence-electron chi connectivity index (χ1n) is 7.58. The Hall–Kier alpha value is -0.910. The monoisotopic (exact) mass is 352 g/mol. The van der Waals surface area contributed by atoms with E-state index in [2.05, 4.69) is 22.0 Å². The molecule has 0 bridgehead atoms. The van der Waals surface area contributed by atoms with Gasteiger partial charge in [0.15, 0.2) is 0 Å². The van der Waals surface area contributed by atoms with Crippen LogP contribution in [0.4, 0.5) is 0 Å². The zero-order chi connectivity index (χ0) is 14.8. The highest BCUT2D eigenvalue weighted by Gasteiger charge is 2.39. The second-order valence-corrected chi connectivity index (χ2v) is 6.70. The number of hydrogen-bond acceptors (Lipinski definition) is 3. The molecule has 1 amide bonds. The van der Waals surface area contributed by atoms with Crippen molar-refractivity contribution in [2.75, 3.05) is 6.54 Å². The highest BCUT2D eigenvalue weighted by Crippen LogP contribution is 2.32. The van der Waals surface area contributed by atoms with E-state index in [-0.39, 0.29) is 18.1 Å². The van der Waals surface area contributed by atoms with E-state index in [0.717, 1.165) is 35.7 Å². The fraction of sp³-hybridized carbons (Fsp3) is 0.562. The standard InChI is InChI=1S/C16H21BrN2O2/c17-14-4-2-1-3-11(14)10-19(12-5-6-12)16(20)15-8-7-13(9-18)21-15/h1-4,12-13,15H,5-10,18H2. The molecular weight excluding hydrogens is 332 g/mol. The number of carbonyl (C=O) groups excluding carboxylic acids is 1. The van der Waals surface area contributed by atoms with E-state index < -0.39 is 0 Å². The summed E-state index contributed by atoms with van der Waals surface area (Å²) in [5.74, 6) is 0.129. The predicted molar refractivity (Wildman–Crippen MR) is 84.7 cm³/mol. The van der Waals surface area contributed by atoms with Crippen LogP contribution in [0.1, 0.15) is 31.2 Å². The third kappa shape index (κ3) is 3.47. The van der Waals surface area contributed by atoms with Gasteiger partial charge >= 0.3 is 0 Å². The molecule has 0 spiro atoms. The van der Waals surface area contributed by atoms with E-state index in [0.29, 0.717) is 19.1 Å². The first kappa shape index (κ1) is 15.0. The normalized spacial score (nSPS) is 25.0. The van der Waals surface area contributed by atoms with E-state index in [4.69, 9.17) is 10.5 Å². The molecule has 2 N–H and O–H groups in total. The highest BCUT2D eigenvalue weighted by atomic mass is 79.9. The Bertz CT molecular complexity index is 519. The number of halogens is 1. The van der Waals surface area contributed by atoms with E-state index in [9.17, 15) is 4.79 Å². The molecule has 2 fully saturated rings. The predicted octanol–water partition coefficient (Wildman–Crippen LogP) is 2.45. The van der Waals surface area contributed by atoms with Crippen molar-refractivity contribution in [2.45, 2.75) is 50.5 Å². The van der Waals surface area contributed by atoms with Crippen LogP contribution in [0.15, 0.2) is 28.7 Å². The van der Waals surface area contributed by atoms with Crippen molar-refractivity contribution in [1.82, 2.24) is 4.90 Å². The van der Waals surface area contributed by atoms with Crippen molar-refractivity contribution in [1.29, 1.82) is 0 Å². The van der Waals surface area contributed by atoms with Gasteiger partial charge in [-0.25, -0.2) is 0 Å². The molecule has 3 rings (SSSR count). The Morgan fingerprint density at radius 2 is 2.05 bits per heavy atom. The largest absolute Gasteiger partial charge is 0.364 e. The molecule has 2 unspecified atom stereocenters. The molecule has 5 heteroatoms. The van der Waals surface area contributed by atoms with Crippen LogP contribution in [-0.4, -0.2) is 35.6 Å². The maximum atomic E-state index is 12.7. The van der Waals surface area contributed by atoms with E-state index in [1.54, 1.807) is 0 Å². The summed E-state index contributed by atoms with van der Waals surface area (Å²) in [4.78, 5) is 14.7. The van der Waals surface area contributed by atoms with Crippen molar-refractivity contribution in [3.05, 3.63) is 34.3 Å². The molecule has 1 aromatic rings. The molecular formula is C16H21BrN2O2. The summed E-state index contributed by atoms with van der Waals surface area (Å²) in [6.45, 7) is 1.15. The number of nitrogens with two attached hydrogens (primary N) is 1. The molecule has 1 saturated carbocycles. The molecule has 0 aromatic heterocycles. The maximum absolute atomic E-state index is 12.7. The van der Waals surface area contributed by atoms with Crippen LogP contribution in [0.5, 0.6) is 0 Å². The molecule has 0 radical (unpaired) electrons. The minimum atomic E-state index is -0.304. The van der Waals surface area contributed by atoms with Crippen LogP contribution < -0.4 is 5.73 Å². The Morgan fingerprint density at radius 3 is 2.67 bits per heavy atom. The Morgan fingerprint density at radius 1 is 1.29 bits per heavy atom. The summed E-state index contributed by atoms with van der Waals surface area (Å²) < 4.78 is 6.82. The number of benzene rings is 1. The summed E-state index contributed by atoms with van der Waals surface area (Å²) in [7, 11) is 0. The molecule has 2 aliphatic rings. The van der Waals surface area contributed by atoms with Crippen molar-refractivity contribution in [2.24, 2.45) is 5.73 Å². The number of amides is 1. The lowest BCUT2D eigenvalue weighted by Crippen LogP contribution is -2.40. The summed E-state index contributed by atoms with van der Waals surface area (Å²) in [6.07, 6.45) is 3.62. The summed E-state index contributed by atoms with van der Waals surface area (Å²) in [6, 6.07) is 8.45. The van der Waals surface area contributed by atoms with Gasteiger partial charge in [-0.3, -0.25) is 4.79 Å². The third-order valence-electron chi connectivity index (χ3n) is 4.22. The van der Waals surface area contributed by atoms with Gasteiger partial charge in [0.1, 0.15) is 6.10 Å². The van der Waals surface area contributed by atoms with Gasteiger partial charge in [-0.05, 0) is 37.3 Å². The molecule has 1 saturated heterocycles. The molecule has 4 nitrogen and oxygen atoms in total. The number of rotatable bonds is 5. The minimum Gasteiger partial charge on any atom is -0.364 e. The highest BCUT2D eigenvalue weighted by molar-refractivity contribution is 9.10. The van der Waals surface area contributed by atoms with E-state index >= 15 is 0 Å². The van der Waals surface area contributed by atoms with Crippen LogP contribution in [0, 0.1) is 0 Å². The van der Waals surface area contributed by atoms with Gasteiger partial charge in [-0.2, -0.15) is 0 Å². The first-order valence-corrected chi connectivity index (χ1v) is 8.37. The Labute approximate surface area is 133 Å². The van der Waals surface area contributed by atoms with Gasteiger partial charge < -0.3 is 15.4 Å². The number of nitrogens with zero attached hydrogens (tertiary/aromatic N) is 1. The van der Waals surface area contributed by atoms with Gasteiger partial charge in [0.05, 0.1) is 6.10 Å².